The van der Waals surface area contributed by atoms with Crippen LogP contribution >= 0.6 is 0 Å². The topological polar surface area (TPSA) is 69.2 Å². The van der Waals surface area contributed by atoms with Gasteiger partial charge in [-0.2, -0.15) is 5.10 Å². The molecule has 0 aliphatic rings. The van der Waals surface area contributed by atoms with E-state index in [0.29, 0.717) is 17.1 Å². The Bertz CT molecular complexity index is 713. The SMILES string of the molecule is COc1cccc(C=NNC(=O)c2ccc(OC)c(OC)c2)c1. The molecule has 1 N–H and O–H groups in total. The van der Waals surface area contributed by atoms with Crippen LogP contribution < -0.4 is 19.6 Å². The van der Waals surface area contributed by atoms with Gasteiger partial charge in [-0.1, -0.05) is 12.1 Å². The van der Waals surface area contributed by atoms with Crippen molar-refractivity contribution < 1.29 is 19.0 Å². The van der Waals surface area contributed by atoms with E-state index in [1.165, 1.54) is 14.2 Å². The standard InChI is InChI=1S/C17H18N2O4/c1-21-14-6-4-5-12(9-14)11-18-19-17(20)13-7-8-15(22-2)16(10-13)23-3/h4-11H,1-3H3,(H,19,20). The molecule has 0 aliphatic heterocycles. The number of hydrazone groups is 1. The maximum absolute atomic E-state index is 12.1. The fourth-order valence-electron chi connectivity index (χ4n) is 1.93. The molecule has 0 saturated heterocycles. The molecular weight excluding hydrogens is 296 g/mol. The van der Waals surface area contributed by atoms with Crippen molar-refractivity contribution in [3.8, 4) is 17.2 Å². The predicted octanol–water partition coefficient (Wildman–Crippen LogP) is 2.48. The van der Waals surface area contributed by atoms with Crippen molar-refractivity contribution in [2.75, 3.05) is 21.3 Å². The molecule has 2 rings (SSSR count). The molecule has 6 nitrogen and oxygen atoms in total. The number of carbonyl (C=O) groups excluding carboxylic acids is 1. The van der Waals surface area contributed by atoms with Crippen LogP contribution in [-0.2, 0) is 0 Å². The van der Waals surface area contributed by atoms with E-state index in [-0.39, 0.29) is 5.91 Å². The highest BCUT2D eigenvalue weighted by atomic mass is 16.5. The summed E-state index contributed by atoms with van der Waals surface area (Å²) in [4.78, 5) is 12.1. The fraction of sp³-hybridized carbons (Fsp3) is 0.176. The summed E-state index contributed by atoms with van der Waals surface area (Å²) in [6.07, 6.45) is 1.54. The zero-order chi connectivity index (χ0) is 16.7. The average molecular weight is 314 g/mol. The van der Waals surface area contributed by atoms with Gasteiger partial charge in [0.2, 0.25) is 0 Å². The van der Waals surface area contributed by atoms with Crippen molar-refractivity contribution in [2.24, 2.45) is 5.10 Å². The van der Waals surface area contributed by atoms with Crippen LogP contribution in [0.1, 0.15) is 15.9 Å². The summed E-state index contributed by atoms with van der Waals surface area (Å²) in [5, 5.41) is 3.94. The van der Waals surface area contributed by atoms with Gasteiger partial charge in [0.1, 0.15) is 5.75 Å². The van der Waals surface area contributed by atoms with Gasteiger partial charge in [0.15, 0.2) is 11.5 Å². The number of nitrogens with zero attached hydrogens (tertiary/aromatic N) is 1. The highest BCUT2D eigenvalue weighted by molar-refractivity contribution is 5.95. The van der Waals surface area contributed by atoms with E-state index in [9.17, 15) is 4.79 Å². The van der Waals surface area contributed by atoms with Crippen LogP contribution in [0.5, 0.6) is 17.2 Å². The minimum Gasteiger partial charge on any atom is -0.497 e. The molecule has 0 heterocycles. The minimum atomic E-state index is -0.343. The maximum atomic E-state index is 12.1. The third-order valence-corrected chi connectivity index (χ3v) is 3.12. The first kappa shape index (κ1) is 16.4. The van der Waals surface area contributed by atoms with E-state index in [1.54, 1.807) is 31.5 Å². The van der Waals surface area contributed by atoms with Crippen molar-refractivity contribution in [1.82, 2.24) is 5.43 Å². The van der Waals surface area contributed by atoms with Crippen LogP contribution in [0.2, 0.25) is 0 Å². The summed E-state index contributed by atoms with van der Waals surface area (Å²) >= 11 is 0. The summed E-state index contributed by atoms with van der Waals surface area (Å²) in [5.74, 6) is 1.42. The summed E-state index contributed by atoms with van der Waals surface area (Å²) in [7, 11) is 4.64. The lowest BCUT2D eigenvalue weighted by Crippen LogP contribution is -2.17. The number of carbonyl (C=O) groups is 1. The lowest BCUT2D eigenvalue weighted by molar-refractivity contribution is 0.0954. The van der Waals surface area contributed by atoms with E-state index in [2.05, 4.69) is 10.5 Å². The lowest BCUT2D eigenvalue weighted by atomic mass is 10.2. The average Bonchev–Trinajstić information content (AvgIpc) is 2.61. The number of rotatable bonds is 6. The zero-order valence-electron chi connectivity index (χ0n) is 13.2. The Morgan fingerprint density at radius 2 is 1.78 bits per heavy atom. The normalized spacial score (nSPS) is 10.4. The van der Waals surface area contributed by atoms with Gasteiger partial charge in [-0.3, -0.25) is 4.79 Å². The molecule has 120 valence electrons. The van der Waals surface area contributed by atoms with Gasteiger partial charge in [-0.05, 0) is 35.9 Å². The van der Waals surface area contributed by atoms with Crippen molar-refractivity contribution in [2.45, 2.75) is 0 Å². The molecule has 0 fully saturated rings. The monoisotopic (exact) mass is 314 g/mol. The molecule has 0 spiro atoms. The van der Waals surface area contributed by atoms with Gasteiger partial charge in [-0.25, -0.2) is 5.43 Å². The van der Waals surface area contributed by atoms with Gasteiger partial charge in [0.25, 0.3) is 5.91 Å². The van der Waals surface area contributed by atoms with E-state index >= 15 is 0 Å². The third kappa shape index (κ3) is 4.23. The second-order valence-corrected chi connectivity index (χ2v) is 4.55. The van der Waals surface area contributed by atoms with Gasteiger partial charge < -0.3 is 14.2 Å². The Balaban J connectivity index is 2.05. The Kier molecular flexibility index (Phi) is 5.57. The molecule has 0 aromatic heterocycles. The number of amides is 1. The van der Waals surface area contributed by atoms with Gasteiger partial charge in [0.05, 0.1) is 27.5 Å². The second kappa shape index (κ2) is 7.84. The Morgan fingerprint density at radius 1 is 1.00 bits per heavy atom. The molecule has 0 saturated carbocycles. The largest absolute Gasteiger partial charge is 0.497 e. The zero-order valence-corrected chi connectivity index (χ0v) is 13.2. The highest BCUT2D eigenvalue weighted by Crippen LogP contribution is 2.27. The summed E-state index contributed by atoms with van der Waals surface area (Å²) in [6, 6.07) is 12.2. The molecule has 0 aliphatic carbocycles. The van der Waals surface area contributed by atoms with Crippen molar-refractivity contribution in [3.63, 3.8) is 0 Å². The van der Waals surface area contributed by atoms with Crippen LogP contribution in [0.3, 0.4) is 0 Å². The first-order valence-corrected chi connectivity index (χ1v) is 6.87. The molecule has 1 amide bonds. The Morgan fingerprint density at radius 3 is 2.48 bits per heavy atom. The van der Waals surface area contributed by atoms with Crippen LogP contribution in [0.15, 0.2) is 47.6 Å². The van der Waals surface area contributed by atoms with E-state index in [0.717, 1.165) is 11.3 Å². The summed E-state index contributed by atoms with van der Waals surface area (Å²) < 4.78 is 15.4. The first-order chi connectivity index (χ1) is 11.2. The molecule has 0 bridgehead atoms. The molecule has 0 atom stereocenters. The fourth-order valence-corrected chi connectivity index (χ4v) is 1.93. The summed E-state index contributed by atoms with van der Waals surface area (Å²) in [5.41, 5.74) is 3.71. The second-order valence-electron chi connectivity index (χ2n) is 4.55. The number of methoxy groups -OCH3 is 3. The smallest absolute Gasteiger partial charge is 0.271 e. The van der Waals surface area contributed by atoms with E-state index in [1.807, 2.05) is 24.3 Å². The molecule has 0 radical (unpaired) electrons. The molecule has 6 heteroatoms. The highest BCUT2D eigenvalue weighted by Gasteiger charge is 2.09. The van der Waals surface area contributed by atoms with Gasteiger partial charge in [-0.15, -0.1) is 0 Å². The number of hydrogen-bond donors (Lipinski definition) is 1. The molecule has 2 aromatic rings. The van der Waals surface area contributed by atoms with Gasteiger partial charge in [0, 0.05) is 5.56 Å². The third-order valence-electron chi connectivity index (χ3n) is 3.12. The van der Waals surface area contributed by atoms with Gasteiger partial charge >= 0.3 is 0 Å². The maximum Gasteiger partial charge on any atom is 0.271 e. The van der Waals surface area contributed by atoms with Crippen molar-refractivity contribution in [1.29, 1.82) is 0 Å². The quantitative estimate of drug-likeness (QED) is 0.657. The van der Waals surface area contributed by atoms with Crippen molar-refractivity contribution in [3.05, 3.63) is 53.6 Å². The van der Waals surface area contributed by atoms with Crippen LogP contribution in [0.25, 0.3) is 0 Å². The number of hydrogen-bond acceptors (Lipinski definition) is 5. The van der Waals surface area contributed by atoms with Crippen LogP contribution in [0, 0.1) is 0 Å². The number of ether oxygens (including phenoxy) is 3. The summed E-state index contributed by atoms with van der Waals surface area (Å²) in [6.45, 7) is 0. The molecular formula is C17H18N2O4. The number of nitrogens with one attached hydrogen (secondary N) is 1. The van der Waals surface area contributed by atoms with Crippen molar-refractivity contribution >= 4 is 12.1 Å². The molecule has 2 aromatic carbocycles. The van der Waals surface area contributed by atoms with E-state index in [4.69, 9.17) is 14.2 Å². The Labute approximate surface area is 134 Å². The van der Waals surface area contributed by atoms with E-state index < -0.39 is 0 Å². The van der Waals surface area contributed by atoms with Crippen LogP contribution in [-0.4, -0.2) is 33.5 Å². The molecule has 23 heavy (non-hydrogen) atoms. The minimum absolute atomic E-state index is 0.343. The number of benzene rings is 2. The Hall–Kier alpha value is -3.02. The molecule has 0 unspecified atom stereocenters. The van der Waals surface area contributed by atoms with Crippen LogP contribution in [0.4, 0.5) is 0 Å². The predicted molar refractivity (Wildman–Crippen MR) is 87.6 cm³/mol. The first-order valence-electron chi connectivity index (χ1n) is 6.87. The lowest BCUT2D eigenvalue weighted by Gasteiger charge is -2.08.